The fraction of sp³-hybridized carbons (Fsp3) is 0.143. The Morgan fingerprint density at radius 3 is 1.70 bits per heavy atom. The highest BCUT2D eigenvalue weighted by Crippen LogP contribution is 2.26. The molecule has 2 N–H and O–H groups in total. The summed E-state index contributed by atoms with van der Waals surface area (Å²) in [6.45, 7) is 4.40. The van der Waals surface area contributed by atoms with Crippen LogP contribution in [-0.2, 0) is 0 Å². The van der Waals surface area contributed by atoms with Crippen LogP contribution in [0.4, 0.5) is 0 Å². The molecule has 0 saturated carbocycles. The van der Waals surface area contributed by atoms with Crippen LogP contribution in [0.15, 0.2) is 66.8 Å². The van der Waals surface area contributed by atoms with E-state index in [4.69, 9.17) is 10.8 Å². The number of benzene rings is 2. The zero-order valence-corrected chi connectivity index (χ0v) is 13.4. The van der Waals surface area contributed by atoms with Crippen molar-refractivity contribution in [1.29, 1.82) is 10.8 Å². The quantitative estimate of drug-likeness (QED) is 0.706. The lowest BCUT2D eigenvalue weighted by Gasteiger charge is -2.10. The third-order valence-electron chi connectivity index (χ3n) is 4.15. The molecular weight excluding hydrogens is 280 g/mol. The molecular formula is C21H20N2. The molecule has 0 amide bonds. The third-order valence-corrected chi connectivity index (χ3v) is 4.15. The van der Waals surface area contributed by atoms with Crippen LogP contribution in [-0.4, -0.2) is 11.4 Å². The van der Waals surface area contributed by atoms with E-state index < -0.39 is 0 Å². The summed E-state index contributed by atoms with van der Waals surface area (Å²) in [5.41, 5.74) is 6.32. The molecule has 0 bridgehead atoms. The van der Waals surface area contributed by atoms with Crippen LogP contribution in [0.1, 0.15) is 30.9 Å². The van der Waals surface area contributed by atoms with Gasteiger partial charge in [-0.3, -0.25) is 10.8 Å². The number of rotatable bonds is 3. The van der Waals surface area contributed by atoms with Crippen molar-refractivity contribution >= 4 is 17.0 Å². The maximum atomic E-state index is 7.75. The summed E-state index contributed by atoms with van der Waals surface area (Å²) in [5.74, 6) is 0.547. The predicted molar refractivity (Wildman–Crippen MR) is 98.5 cm³/mol. The van der Waals surface area contributed by atoms with Gasteiger partial charge >= 0.3 is 0 Å². The topological polar surface area (TPSA) is 47.7 Å². The zero-order chi connectivity index (χ0) is 16.4. The Morgan fingerprint density at radius 1 is 0.652 bits per heavy atom. The fourth-order valence-corrected chi connectivity index (χ4v) is 2.64. The van der Waals surface area contributed by atoms with Crippen molar-refractivity contribution in [2.24, 2.45) is 0 Å². The molecule has 23 heavy (non-hydrogen) atoms. The van der Waals surface area contributed by atoms with Crippen LogP contribution < -0.4 is 0 Å². The molecule has 2 heteroatoms. The van der Waals surface area contributed by atoms with Gasteiger partial charge in [-0.25, -0.2) is 0 Å². The lowest BCUT2D eigenvalue weighted by molar-refractivity contribution is 0.867. The van der Waals surface area contributed by atoms with E-state index in [1.807, 2.05) is 6.08 Å². The largest absolute Gasteiger partial charge is 0.299 e. The molecule has 2 nitrogen and oxygen atoms in total. The van der Waals surface area contributed by atoms with Crippen LogP contribution in [0, 0.1) is 10.8 Å². The minimum atomic E-state index is 0.260. The van der Waals surface area contributed by atoms with Crippen LogP contribution in [0.5, 0.6) is 0 Å². The highest BCUT2D eigenvalue weighted by Gasteiger charge is 2.08. The highest BCUT2D eigenvalue weighted by atomic mass is 14.5. The average Bonchev–Trinajstić information content (AvgIpc) is 2.57. The highest BCUT2D eigenvalue weighted by molar-refractivity contribution is 6.50. The van der Waals surface area contributed by atoms with Gasteiger partial charge in [0.2, 0.25) is 0 Å². The van der Waals surface area contributed by atoms with Crippen molar-refractivity contribution in [3.63, 3.8) is 0 Å². The van der Waals surface area contributed by atoms with E-state index in [1.54, 1.807) is 12.2 Å². The average molecular weight is 300 g/mol. The smallest absolute Gasteiger partial charge is 0.0795 e. The molecule has 0 heterocycles. The van der Waals surface area contributed by atoms with E-state index in [9.17, 15) is 0 Å². The van der Waals surface area contributed by atoms with Gasteiger partial charge in [0, 0.05) is 0 Å². The second-order valence-electron chi connectivity index (χ2n) is 6.11. The SMILES string of the molecule is CC(C)c1ccc(-c2ccc(C3=CC(=N)C(=N)C=C3)cc2)cc1. The maximum Gasteiger partial charge on any atom is 0.0795 e. The summed E-state index contributed by atoms with van der Waals surface area (Å²) >= 11 is 0. The van der Waals surface area contributed by atoms with Gasteiger partial charge in [-0.15, -0.1) is 0 Å². The number of allylic oxidation sites excluding steroid dienone is 4. The van der Waals surface area contributed by atoms with Gasteiger partial charge in [0.05, 0.1) is 11.4 Å². The van der Waals surface area contributed by atoms with E-state index in [0.717, 1.165) is 11.1 Å². The van der Waals surface area contributed by atoms with Crippen molar-refractivity contribution < 1.29 is 0 Å². The Kier molecular flexibility index (Phi) is 4.07. The molecule has 0 saturated heterocycles. The molecule has 0 atom stereocenters. The maximum absolute atomic E-state index is 7.75. The van der Waals surface area contributed by atoms with Gasteiger partial charge in [0.25, 0.3) is 0 Å². The van der Waals surface area contributed by atoms with Gasteiger partial charge in [0.1, 0.15) is 0 Å². The minimum absolute atomic E-state index is 0.260. The predicted octanol–water partition coefficient (Wildman–Crippen LogP) is 5.47. The van der Waals surface area contributed by atoms with E-state index in [-0.39, 0.29) is 11.4 Å². The van der Waals surface area contributed by atoms with Crippen molar-refractivity contribution in [2.75, 3.05) is 0 Å². The Balaban J connectivity index is 1.85. The molecule has 114 valence electrons. The molecule has 0 spiro atoms. The minimum Gasteiger partial charge on any atom is -0.299 e. The van der Waals surface area contributed by atoms with Crippen molar-refractivity contribution in [1.82, 2.24) is 0 Å². The van der Waals surface area contributed by atoms with Crippen LogP contribution in [0.2, 0.25) is 0 Å². The summed E-state index contributed by atoms with van der Waals surface area (Å²) in [6, 6.07) is 17.1. The Morgan fingerprint density at radius 2 is 1.17 bits per heavy atom. The Labute approximate surface area is 137 Å². The van der Waals surface area contributed by atoms with E-state index in [2.05, 4.69) is 62.4 Å². The first-order chi connectivity index (χ1) is 11.0. The summed E-state index contributed by atoms with van der Waals surface area (Å²) in [5, 5.41) is 15.3. The molecule has 0 aromatic heterocycles. The second-order valence-corrected chi connectivity index (χ2v) is 6.11. The summed E-state index contributed by atoms with van der Waals surface area (Å²) < 4.78 is 0. The lowest BCUT2D eigenvalue weighted by Crippen LogP contribution is -2.09. The first-order valence-corrected chi connectivity index (χ1v) is 7.82. The van der Waals surface area contributed by atoms with Crippen molar-refractivity contribution in [2.45, 2.75) is 19.8 Å². The molecule has 1 aliphatic rings. The number of hydrogen-bond acceptors (Lipinski definition) is 2. The van der Waals surface area contributed by atoms with Crippen molar-refractivity contribution in [3.05, 3.63) is 77.9 Å². The molecule has 0 radical (unpaired) electrons. The van der Waals surface area contributed by atoms with E-state index in [0.29, 0.717) is 5.92 Å². The molecule has 2 aromatic rings. The van der Waals surface area contributed by atoms with Crippen LogP contribution >= 0.6 is 0 Å². The molecule has 2 aromatic carbocycles. The number of nitrogens with one attached hydrogen (secondary N) is 2. The van der Waals surface area contributed by atoms with Gasteiger partial charge in [-0.2, -0.15) is 0 Å². The van der Waals surface area contributed by atoms with Gasteiger partial charge in [-0.1, -0.05) is 68.5 Å². The Hall–Kier alpha value is -2.74. The molecule has 1 aliphatic carbocycles. The third kappa shape index (κ3) is 3.21. The van der Waals surface area contributed by atoms with Gasteiger partial charge in [0.15, 0.2) is 0 Å². The van der Waals surface area contributed by atoms with Crippen molar-refractivity contribution in [3.8, 4) is 11.1 Å². The molecule has 0 fully saturated rings. The summed E-state index contributed by atoms with van der Waals surface area (Å²) in [6.07, 6.45) is 5.32. The normalized spacial score (nSPS) is 14.3. The molecule has 3 rings (SSSR count). The second kappa shape index (κ2) is 6.17. The first kappa shape index (κ1) is 15.2. The lowest BCUT2D eigenvalue weighted by atomic mass is 9.95. The van der Waals surface area contributed by atoms with Gasteiger partial charge in [-0.05, 0) is 45.9 Å². The standard InChI is InChI=1S/C21H20N2/c1-14(2)15-3-5-16(6-4-15)17-7-9-18(10-8-17)19-11-12-20(22)21(23)13-19/h3-14,22-23H,1-2H3. The van der Waals surface area contributed by atoms with Crippen LogP contribution in [0.25, 0.3) is 16.7 Å². The fourth-order valence-electron chi connectivity index (χ4n) is 2.64. The summed E-state index contributed by atoms with van der Waals surface area (Å²) in [7, 11) is 0. The molecule has 0 aliphatic heterocycles. The Bertz CT molecular complexity index is 804. The van der Waals surface area contributed by atoms with E-state index >= 15 is 0 Å². The van der Waals surface area contributed by atoms with Crippen LogP contribution in [0.3, 0.4) is 0 Å². The van der Waals surface area contributed by atoms with Gasteiger partial charge < -0.3 is 0 Å². The van der Waals surface area contributed by atoms with E-state index in [1.165, 1.54) is 16.7 Å². The summed E-state index contributed by atoms with van der Waals surface area (Å²) in [4.78, 5) is 0. The number of hydrogen-bond donors (Lipinski definition) is 2. The molecule has 0 unspecified atom stereocenters. The monoisotopic (exact) mass is 300 g/mol. The first-order valence-electron chi connectivity index (χ1n) is 7.82. The zero-order valence-electron chi connectivity index (χ0n) is 13.4.